The van der Waals surface area contributed by atoms with E-state index in [9.17, 15) is 4.79 Å². The van der Waals surface area contributed by atoms with E-state index in [0.29, 0.717) is 13.0 Å². The summed E-state index contributed by atoms with van der Waals surface area (Å²) < 4.78 is 1.86. The quantitative estimate of drug-likeness (QED) is 0.721. The van der Waals surface area contributed by atoms with E-state index in [4.69, 9.17) is 0 Å². The van der Waals surface area contributed by atoms with Gasteiger partial charge >= 0.3 is 0 Å². The predicted molar refractivity (Wildman–Crippen MR) is 96.3 cm³/mol. The highest BCUT2D eigenvalue weighted by Gasteiger charge is 2.11. The molecule has 3 aromatic rings. The number of rotatable bonds is 7. The first-order valence-electron chi connectivity index (χ1n) is 8.44. The fourth-order valence-corrected chi connectivity index (χ4v) is 2.80. The van der Waals surface area contributed by atoms with Gasteiger partial charge in [0, 0.05) is 38.0 Å². The minimum atomic E-state index is 0.145. The highest BCUT2D eigenvalue weighted by Crippen LogP contribution is 2.14. The van der Waals surface area contributed by atoms with Gasteiger partial charge in [0.05, 0.1) is 18.1 Å². The van der Waals surface area contributed by atoms with E-state index >= 15 is 0 Å². The van der Waals surface area contributed by atoms with Crippen LogP contribution in [0.15, 0.2) is 49.1 Å². The topological polar surface area (TPSA) is 66.8 Å². The van der Waals surface area contributed by atoms with E-state index in [1.807, 2.05) is 48.5 Å². The molecular formula is C19H23N5O. The van der Waals surface area contributed by atoms with Crippen molar-refractivity contribution in [1.82, 2.24) is 24.9 Å². The van der Waals surface area contributed by atoms with Crippen molar-refractivity contribution in [3.63, 3.8) is 0 Å². The highest BCUT2D eigenvalue weighted by molar-refractivity contribution is 5.75. The van der Waals surface area contributed by atoms with Crippen molar-refractivity contribution in [2.24, 2.45) is 0 Å². The van der Waals surface area contributed by atoms with Crippen LogP contribution in [-0.2, 0) is 17.8 Å². The minimum absolute atomic E-state index is 0.145. The molecule has 0 spiro atoms. The number of aryl methyl sites for hydroxylation is 2. The van der Waals surface area contributed by atoms with Gasteiger partial charge in [0.15, 0.2) is 0 Å². The van der Waals surface area contributed by atoms with E-state index in [-0.39, 0.29) is 5.91 Å². The van der Waals surface area contributed by atoms with Gasteiger partial charge in [0.25, 0.3) is 0 Å². The van der Waals surface area contributed by atoms with Crippen LogP contribution in [-0.4, -0.2) is 37.8 Å². The summed E-state index contributed by atoms with van der Waals surface area (Å²) in [5.41, 5.74) is 4.38. The van der Waals surface area contributed by atoms with E-state index in [1.54, 1.807) is 11.1 Å². The van der Waals surface area contributed by atoms with Crippen LogP contribution < -0.4 is 0 Å². The van der Waals surface area contributed by atoms with Crippen molar-refractivity contribution in [1.29, 1.82) is 0 Å². The average molecular weight is 337 g/mol. The molecule has 1 N–H and O–H groups in total. The molecule has 1 amide bonds. The van der Waals surface area contributed by atoms with Crippen LogP contribution in [0, 0.1) is 6.92 Å². The van der Waals surface area contributed by atoms with Crippen LogP contribution in [0.3, 0.4) is 0 Å². The van der Waals surface area contributed by atoms with Crippen molar-refractivity contribution >= 4 is 5.91 Å². The number of aromatic amines is 1. The van der Waals surface area contributed by atoms with Crippen LogP contribution in [0.1, 0.15) is 29.5 Å². The first-order valence-corrected chi connectivity index (χ1v) is 8.44. The van der Waals surface area contributed by atoms with Gasteiger partial charge in [-0.05, 0) is 37.0 Å². The molecule has 0 bridgehead atoms. The number of hydrogen-bond acceptors (Lipinski definition) is 3. The number of nitrogens with one attached hydrogen (secondary N) is 1. The third kappa shape index (κ3) is 4.35. The molecule has 2 heterocycles. The molecule has 0 saturated heterocycles. The lowest BCUT2D eigenvalue weighted by molar-refractivity contribution is -0.130. The third-order valence-electron chi connectivity index (χ3n) is 4.25. The van der Waals surface area contributed by atoms with Gasteiger partial charge in [-0.1, -0.05) is 18.2 Å². The molecule has 130 valence electrons. The van der Waals surface area contributed by atoms with Gasteiger partial charge < -0.3 is 4.90 Å². The molecule has 3 rings (SSSR count). The number of nitrogens with zero attached hydrogens (tertiary/aromatic N) is 4. The molecule has 6 heteroatoms. The van der Waals surface area contributed by atoms with Crippen LogP contribution in [0.25, 0.3) is 5.69 Å². The Morgan fingerprint density at radius 3 is 2.84 bits per heavy atom. The molecule has 0 radical (unpaired) electrons. The summed E-state index contributed by atoms with van der Waals surface area (Å²) >= 11 is 0. The zero-order chi connectivity index (χ0) is 17.6. The van der Waals surface area contributed by atoms with Gasteiger partial charge in [-0.25, -0.2) is 4.68 Å². The Hall–Kier alpha value is -2.89. The first kappa shape index (κ1) is 17.0. The molecule has 0 atom stereocenters. The monoisotopic (exact) mass is 337 g/mol. The van der Waals surface area contributed by atoms with Crippen LogP contribution in [0.5, 0.6) is 0 Å². The summed E-state index contributed by atoms with van der Waals surface area (Å²) in [6, 6.07) is 8.11. The molecule has 0 unspecified atom stereocenters. The lowest BCUT2D eigenvalue weighted by Crippen LogP contribution is -2.25. The zero-order valence-corrected chi connectivity index (χ0v) is 14.6. The Kier molecular flexibility index (Phi) is 5.28. The molecule has 1 aromatic carbocycles. The number of benzene rings is 1. The predicted octanol–water partition coefficient (Wildman–Crippen LogP) is 2.89. The normalized spacial score (nSPS) is 10.8. The Labute approximate surface area is 147 Å². The fraction of sp³-hybridized carbons (Fsp3) is 0.316. The van der Waals surface area contributed by atoms with Crippen LogP contribution in [0.2, 0.25) is 0 Å². The molecule has 0 aliphatic heterocycles. The van der Waals surface area contributed by atoms with E-state index in [1.165, 1.54) is 5.56 Å². The van der Waals surface area contributed by atoms with Gasteiger partial charge in [-0.15, -0.1) is 0 Å². The smallest absolute Gasteiger partial charge is 0.222 e. The average Bonchev–Trinajstić information content (AvgIpc) is 3.27. The molecule has 6 nitrogen and oxygen atoms in total. The Morgan fingerprint density at radius 2 is 2.08 bits per heavy atom. The van der Waals surface area contributed by atoms with Crippen molar-refractivity contribution < 1.29 is 4.79 Å². The van der Waals surface area contributed by atoms with Crippen molar-refractivity contribution in [3.8, 4) is 5.69 Å². The number of carbonyl (C=O) groups excluding carboxylic acids is 1. The number of amides is 1. The largest absolute Gasteiger partial charge is 0.341 e. The molecule has 0 saturated carbocycles. The maximum atomic E-state index is 12.3. The number of hydrogen-bond donors (Lipinski definition) is 1. The third-order valence-corrected chi connectivity index (χ3v) is 4.25. The second-order valence-corrected chi connectivity index (χ2v) is 6.29. The summed E-state index contributed by atoms with van der Waals surface area (Å²) in [6.45, 7) is 2.63. The molecule has 0 aliphatic carbocycles. The van der Waals surface area contributed by atoms with Crippen molar-refractivity contribution in [3.05, 3.63) is 65.7 Å². The number of carbonyl (C=O) groups is 1. The standard InChI is InChI=1S/C19H23N5O/c1-15-6-3-4-8-18(15)24-14-17(12-22-24)13-23(2)19(25)9-5-7-16-10-20-21-11-16/h3-4,6,8,10-12,14H,5,7,9,13H2,1-2H3,(H,20,21). The van der Waals surface area contributed by atoms with E-state index in [2.05, 4.69) is 28.3 Å². The van der Waals surface area contributed by atoms with E-state index < -0.39 is 0 Å². The molecule has 25 heavy (non-hydrogen) atoms. The number of aromatic nitrogens is 4. The lowest BCUT2D eigenvalue weighted by Gasteiger charge is -2.16. The van der Waals surface area contributed by atoms with Gasteiger partial charge in [0.1, 0.15) is 0 Å². The summed E-state index contributed by atoms with van der Waals surface area (Å²) in [5, 5.41) is 11.1. The number of para-hydroxylation sites is 1. The summed E-state index contributed by atoms with van der Waals surface area (Å²) in [7, 11) is 1.84. The second-order valence-electron chi connectivity index (χ2n) is 6.29. The summed E-state index contributed by atoms with van der Waals surface area (Å²) in [4.78, 5) is 14.0. The number of H-pyrrole nitrogens is 1. The van der Waals surface area contributed by atoms with Crippen molar-refractivity contribution in [2.75, 3.05) is 7.05 Å². The summed E-state index contributed by atoms with van der Waals surface area (Å²) in [6.07, 6.45) is 9.70. The molecule has 0 fully saturated rings. The second kappa shape index (κ2) is 7.79. The fourth-order valence-electron chi connectivity index (χ4n) is 2.80. The minimum Gasteiger partial charge on any atom is -0.341 e. The van der Waals surface area contributed by atoms with Gasteiger partial charge in [0.2, 0.25) is 5.91 Å². The van der Waals surface area contributed by atoms with Gasteiger partial charge in [-0.2, -0.15) is 10.2 Å². The Morgan fingerprint density at radius 1 is 1.24 bits per heavy atom. The zero-order valence-electron chi connectivity index (χ0n) is 14.6. The maximum absolute atomic E-state index is 12.3. The maximum Gasteiger partial charge on any atom is 0.222 e. The molecular weight excluding hydrogens is 314 g/mol. The highest BCUT2D eigenvalue weighted by atomic mass is 16.2. The lowest BCUT2D eigenvalue weighted by atomic mass is 10.1. The SMILES string of the molecule is Cc1ccccc1-n1cc(CN(C)C(=O)CCCc2cn[nH]c2)cn1. The van der Waals surface area contributed by atoms with E-state index in [0.717, 1.165) is 29.7 Å². The van der Waals surface area contributed by atoms with Gasteiger partial charge in [-0.3, -0.25) is 9.89 Å². The van der Waals surface area contributed by atoms with Crippen molar-refractivity contribution in [2.45, 2.75) is 32.7 Å². The summed E-state index contributed by atoms with van der Waals surface area (Å²) in [5.74, 6) is 0.145. The molecule has 0 aliphatic rings. The van der Waals surface area contributed by atoms with Crippen LogP contribution >= 0.6 is 0 Å². The Balaban J connectivity index is 1.53. The first-order chi connectivity index (χ1) is 12.1. The Bertz CT molecular complexity index is 822. The molecule has 2 aromatic heterocycles. The van der Waals surface area contributed by atoms with Crippen LogP contribution in [0.4, 0.5) is 0 Å².